The Morgan fingerprint density at radius 2 is 1.76 bits per heavy atom. The first-order valence-corrected chi connectivity index (χ1v) is 11.6. The molecule has 0 saturated carbocycles. The first-order valence-electron chi connectivity index (χ1n) is 9.21. The van der Waals surface area contributed by atoms with Crippen LogP contribution in [0.2, 0.25) is 0 Å². The van der Waals surface area contributed by atoms with Gasteiger partial charge in [-0.2, -0.15) is 0 Å². The van der Waals surface area contributed by atoms with Gasteiger partial charge in [0.25, 0.3) is 5.91 Å². The van der Waals surface area contributed by atoms with E-state index in [4.69, 9.17) is 14.8 Å². The molecule has 3 aromatic rings. The largest absolute Gasteiger partial charge is 0.397 e. The second kappa shape index (κ2) is 9.37. The smallest absolute Gasteiger partial charge is 0.361 e. The number of carbonyl (C=O) groups excluding carboxylic acids is 1. The van der Waals surface area contributed by atoms with Crippen LogP contribution in [0.5, 0.6) is 0 Å². The predicted molar refractivity (Wildman–Crippen MR) is 119 cm³/mol. The number of thiophene rings is 1. The van der Waals surface area contributed by atoms with E-state index >= 15 is 0 Å². The summed E-state index contributed by atoms with van der Waals surface area (Å²) in [5, 5.41) is 5.26. The molecular formula is C21H23N2O4PS. The predicted octanol–water partition coefficient (Wildman–Crippen LogP) is 5.14. The van der Waals surface area contributed by atoms with Gasteiger partial charge >= 0.3 is 7.60 Å². The van der Waals surface area contributed by atoms with Crippen LogP contribution in [-0.4, -0.2) is 19.1 Å². The van der Waals surface area contributed by atoms with E-state index in [9.17, 15) is 9.36 Å². The highest BCUT2D eigenvalue weighted by Crippen LogP contribution is 2.46. The van der Waals surface area contributed by atoms with Crippen molar-refractivity contribution in [2.45, 2.75) is 13.8 Å². The van der Waals surface area contributed by atoms with Crippen LogP contribution in [0.1, 0.15) is 24.2 Å². The molecule has 152 valence electrons. The van der Waals surface area contributed by atoms with Crippen LogP contribution in [0.4, 0.5) is 11.4 Å². The zero-order valence-corrected chi connectivity index (χ0v) is 18.0. The van der Waals surface area contributed by atoms with Crippen molar-refractivity contribution in [3.05, 3.63) is 65.5 Å². The Balaban J connectivity index is 1.80. The molecule has 3 N–H and O–H groups in total. The Morgan fingerprint density at radius 3 is 2.34 bits per heavy atom. The molecule has 1 heterocycles. The van der Waals surface area contributed by atoms with Gasteiger partial charge in [-0.05, 0) is 67.3 Å². The van der Waals surface area contributed by atoms with Crippen molar-refractivity contribution >= 4 is 41.5 Å². The fourth-order valence-corrected chi connectivity index (χ4v) is 5.07. The first-order chi connectivity index (χ1) is 14.0. The van der Waals surface area contributed by atoms with E-state index in [0.717, 1.165) is 10.4 Å². The molecule has 6 nitrogen and oxygen atoms in total. The maximum absolute atomic E-state index is 12.8. The summed E-state index contributed by atoms with van der Waals surface area (Å²) in [6.45, 7) is 4.03. The summed E-state index contributed by atoms with van der Waals surface area (Å²) >= 11 is 1.61. The molecule has 1 aromatic heterocycles. The molecule has 0 radical (unpaired) electrons. The SMILES string of the molecule is CCOP(=O)(OCC)c1ccc(C(=O)Nc2cc(-c3cccs3)ccc2N)cc1. The zero-order chi connectivity index (χ0) is 20.9. The summed E-state index contributed by atoms with van der Waals surface area (Å²) in [6, 6.07) is 15.9. The molecule has 0 bridgehead atoms. The van der Waals surface area contributed by atoms with Crippen molar-refractivity contribution in [2.75, 3.05) is 24.3 Å². The Bertz CT molecular complexity index is 1010. The topological polar surface area (TPSA) is 90.6 Å². The number of hydrogen-bond acceptors (Lipinski definition) is 6. The zero-order valence-electron chi connectivity index (χ0n) is 16.3. The highest BCUT2D eigenvalue weighted by molar-refractivity contribution is 7.62. The van der Waals surface area contributed by atoms with Crippen LogP contribution >= 0.6 is 18.9 Å². The molecule has 0 unspecified atom stereocenters. The standard InChI is InChI=1S/C21H23N2O4PS/c1-3-26-28(25,27-4-2)17-10-7-15(8-11-17)21(24)23-19-14-16(9-12-18(19)22)20-6-5-13-29-20/h5-14H,3-4,22H2,1-2H3,(H,23,24). The summed E-state index contributed by atoms with van der Waals surface area (Å²) in [4.78, 5) is 13.8. The van der Waals surface area contributed by atoms with Crippen molar-refractivity contribution in [1.82, 2.24) is 0 Å². The molecule has 8 heteroatoms. The molecule has 0 aliphatic heterocycles. The van der Waals surface area contributed by atoms with Crippen LogP contribution in [0, 0.1) is 0 Å². The fraction of sp³-hybridized carbons (Fsp3) is 0.190. The van der Waals surface area contributed by atoms with E-state index < -0.39 is 7.60 Å². The Kier molecular flexibility index (Phi) is 6.87. The summed E-state index contributed by atoms with van der Waals surface area (Å²) in [6.07, 6.45) is 0. The number of carbonyl (C=O) groups is 1. The number of nitrogens with one attached hydrogen (secondary N) is 1. The number of benzene rings is 2. The maximum Gasteiger partial charge on any atom is 0.361 e. The van der Waals surface area contributed by atoms with Gasteiger partial charge in [-0.1, -0.05) is 12.1 Å². The lowest BCUT2D eigenvalue weighted by Crippen LogP contribution is -2.15. The average molecular weight is 430 g/mol. The van der Waals surface area contributed by atoms with Crippen LogP contribution in [0.25, 0.3) is 10.4 Å². The number of nitrogens with two attached hydrogens (primary N) is 1. The van der Waals surface area contributed by atoms with Crippen molar-refractivity contribution in [2.24, 2.45) is 0 Å². The third kappa shape index (κ3) is 4.95. The van der Waals surface area contributed by atoms with E-state index in [1.165, 1.54) is 0 Å². The number of rotatable bonds is 8. The van der Waals surface area contributed by atoms with Gasteiger partial charge in [-0.15, -0.1) is 11.3 Å². The molecule has 3 rings (SSSR count). The summed E-state index contributed by atoms with van der Waals surface area (Å²) in [7, 11) is -3.38. The number of hydrogen-bond donors (Lipinski definition) is 2. The molecule has 2 aromatic carbocycles. The van der Waals surface area contributed by atoms with Crippen LogP contribution in [0.3, 0.4) is 0 Å². The molecule has 1 amide bonds. The second-order valence-corrected chi connectivity index (χ2v) is 9.09. The van der Waals surface area contributed by atoms with Crippen molar-refractivity contribution in [3.8, 4) is 10.4 Å². The van der Waals surface area contributed by atoms with Gasteiger partial charge in [0, 0.05) is 10.4 Å². The normalized spacial score (nSPS) is 11.4. The lowest BCUT2D eigenvalue weighted by Gasteiger charge is -2.17. The Hall–Kier alpha value is -2.44. The highest BCUT2D eigenvalue weighted by atomic mass is 32.1. The number of nitrogen functional groups attached to an aromatic ring is 1. The lowest BCUT2D eigenvalue weighted by atomic mass is 10.1. The molecule has 29 heavy (non-hydrogen) atoms. The minimum atomic E-state index is -3.38. The Morgan fingerprint density at radius 1 is 1.07 bits per heavy atom. The van der Waals surface area contributed by atoms with Gasteiger partial charge in [0.1, 0.15) is 0 Å². The molecular weight excluding hydrogens is 407 g/mol. The molecule has 0 aliphatic rings. The molecule has 0 aliphatic carbocycles. The van der Waals surface area contributed by atoms with E-state index in [1.807, 2.05) is 29.6 Å². The van der Waals surface area contributed by atoms with Crippen molar-refractivity contribution < 1.29 is 18.4 Å². The average Bonchev–Trinajstić information content (AvgIpc) is 3.25. The van der Waals surface area contributed by atoms with Crippen molar-refractivity contribution in [1.29, 1.82) is 0 Å². The minimum Gasteiger partial charge on any atom is -0.397 e. The van der Waals surface area contributed by atoms with E-state index in [-0.39, 0.29) is 19.1 Å². The first kappa shape index (κ1) is 21.3. The number of amides is 1. The van der Waals surface area contributed by atoms with Gasteiger partial charge in [0.05, 0.1) is 29.9 Å². The van der Waals surface area contributed by atoms with Gasteiger partial charge in [-0.3, -0.25) is 9.36 Å². The monoisotopic (exact) mass is 430 g/mol. The van der Waals surface area contributed by atoms with Crippen LogP contribution in [0.15, 0.2) is 60.0 Å². The van der Waals surface area contributed by atoms with E-state index in [2.05, 4.69) is 5.32 Å². The van der Waals surface area contributed by atoms with E-state index in [0.29, 0.717) is 22.2 Å². The van der Waals surface area contributed by atoms with Crippen LogP contribution < -0.4 is 16.4 Å². The van der Waals surface area contributed by atoms with Gasteiger partial charge in [0.15, 0.2) is 0 Å². The number of anilines is 2. The highest BCUT2D eigenvalue weighted by Gasteiger charge is 2.26. The Labute approximate surface area is 174 Å². The third-order valence-electron chi connectivity index (χ3n) is 4.15. The van der Waals surface area contributed by atoms with Gasteiger partial charge in [0.2, 0.25) is 0 Å². The summed E-state index contributed by atoms with van der Waals surface area (Å²) < 4.78 is 23.5. The van der Waals surface area contributed by atoms with Crippen LogP contribution in [-0.2, 0) is 13.6 Å². The third-order valence-corrected chi connectivity index (χ3v) is 7.20. The summed E-state index contributed by atoms with van der Waals surface area (Å²) in [5.74, 6) is -0.311. The van der Waals surface area contributed by atoms with Gasteiger partial charge in [-0.25, -0.2) is 0 Å². The molecule has 0 spiro atoms. The van der Waals surface area contributed by atoms with Crippen molar-refractivity contribution in [3.63, 3.8) is 0 Å². The van der Waals surface area contributed by atoms with Gasteiger partial charge < -0.3 is 20.1 Å². The molecule has 0 saturated heterocycles. The summed E-state index contributed by atoms with van der Waals surface area (Å²) in [5.41, 5.74) is 8.45. The molecule has 0 atom stereocenters. The fourth-order valence-electron chi connectivity index (χ4n) is 2.78. The lowest BCUT2D eigenvalue weighted by molar-refractivity contribution is 0.102. The second-order valence-electron chi connectivity index (χ2n) is 6.11. The molecule has 0 fully saturated rings. The quantitative estimate of drug-likeness (QED) is 0.381. The minimum absolute atomic E-state index is 0.263. The van der Waals surface area contributed by atoms with E-state index in [1.54, 1.807) is 55.5 Å². The maximum atomic E-state index is 12.8.